The summed E-state index contributed by atoms with van der Waals surface area (Å²) in [5.74, 6) is 0.876. The molecular weight excluding hydrogens is 391 g/mol. The summed E-state index contributed by atoms with van der Waals surface area (Å²) in [5.41, 5.74) is 2.45. The zero-order chi connectivity index (χ0) is 14.2. The second-order valence-electron chi connectivity index (χ2n) is 4.91. The van der Waals surface area contributed by atoms with Crippen molar-refractivity contribution in [1.82, 2.24) is 0 Å². The van der Waals surface area contributed by atoms with Crippen molar-refractivity contribution in [2.45, 2.75) is 0 Å². The van der Waals surface area contributed by atoms with Gasteiger partial charge in [-0.05, 0) is 41.5 Å². The molecule has 0 aliphatic rings. The Morgan fingerprint density at radius 3 is 2.24 bits per heavy atom. The molecule has 3 aromatic carbocycles. The molecule has 0 aliphatic carbocycles. The average molecular weight is 402 g/mol. The maximum Gasteiger partial charge on any atom is 0.192 e. The molecule has 0 saturated heterocycles. The summed E-state index contributed by atoms with van der Waals surface area (Å²) >= 11 is 3.75. The molecule has 0 unspecified atom stereocenters. The summed E-state index contributed by atoms with van der Waals surface area (Å²) in [6, 6.07) is 23.5. The summed E-state index contributed by atoms with van der Waals surface area (Å²) in [5, 5.41) is 2.67. The molecule has 0 fully saturated rings. The molecule has 0 amide bonds. The lowest BCUT2D eigenvalue weighted by molar-refractivity contribution is 0.717. The SMILES string of the molecule is IOc1ccc(-c2ccc3sc4ccccc4c3c2)cc1. The van der Waals surface area contributed by atoms with Crippen LogP contribution in [0.15, 0.2) is 66.7 Å². The minimum atomic E-state index is 0.876. The van der Waals surface area contributed by atoms with Crippen LogP contribution in [0.5, 0.6) is 5.75 Å². The Bertz CT molecular complexity index is 925. The number of benzene rings is 3. The maximum absolute atomic E-state index is 5.19. The van der Waals surface area contributed by atoms with Crippen LogP contribution in [-0.2, 0) is 0 Å². The largest absolute Gasteiger partial charge is 0.428 e. The van der Waals surface area contributed by atoms with Crippen LogP contribution in [0.3, 0.4) is 0 Å². The minimum Gasteiger partial charge on any atom is -0.428 e. The fourth-order valence-electron chi connectivity index (χ4n) is 2.60. The lowest BCUT2D eigenvalue weighted by Gasteiger charge is -2.03. The summed E-state index contributed by atoms with van der Waals surface area (Å²) in [7, 11) is 0. The van der Waals surface area contributed by atoms with E-state index in [0.29, 0.717) is 0 Å². The van der Waals surface area contributed by atoms with E-state index in [4.69, 9.17) is 3.07 Å². The number of halogens is 1. The van der Waals surface area contributed by atoms with Crippen molar-refractivity contribution in [3.63, 3.8) is 0 Å². The highest BCUT2D eigenvalue weighted by molar-refractivity contribution is 14.1. The molecule has 21 heavy (non-hydrogen) atoms. The molecule has 4 aromatic rings. The molecule has 0 radical (unpaired) electrons. The van der Waals surface area contributed by atoms with Crippen molar-refractivity contribution < 1.29 is 3.07 Å². The van der Waals surface area contributed by atoms with Gasteiger partial charge in [0.05, 0.1) is 0 Å². The van der Waals surface area contributed by atoms with E-state index in [2.05, 4.69) is 54.6 Å². The molecule has 0 N–H and O–H groups in total. The predicted molar refractivity (Wildman–Crippen MR) is 99.4 cm³/mol. The summed E-state index contributed by atoms with van der Waals surface area (Å²) < 4.78 is 7.88. The fraction of sp³-hybridized carbons (Fsp3) is 0. The molecule has 0 saturated carbocycles. The zero-order valence-electron chi connectivity index (χ0n) is 11.0. The number of thiophene rings is 1. The van der Waals surface area contributed by atoms with Gasteiger partial charge < -0.3 is 3.07 Å². The van der Waals surface area contributed by atoms with Crippen LogP contribution < -0.4 is 3.07 Å². The number of rotatable bonds is 2. The van der Waals surface area contributed by atoms with Gasteiger partial charge in [-0.2, -0.15) is 0 Å². The molecule has 0 spiro atoms. The predicted octanol–water partition coefficient (Wildman–Crippen LogP) is 6.45. The molecule has 4 rings (SSSR count). The van der Waals surface area contributed by atoms with Gasteiger partial charge >= 0.3 is 0 Å². The molecule has 1 aromatic heterocycles. The highest BCUT2D eigenvalue weighted by atomic mass is 127. The molecule has 0 aliphatic heterocycles. The molecular formula is C18H11IOS. The van der Waals surface area contributed by atoms with Crippen molar-refractivity contribution in [3.8, 4) is 16.9 Å². The Labute approximate surface area is 140 Å². The lowest BCUT2D eigenvalue weighted by atomic mass is 10.0. The Morgan fingerprint density at radius 2 is 1.43 bits per heavy atom. The van der Waals surface area contributed by atoms with E-state index in [1.165, 1.54) is 31.3 Å². The van der Waals surface area contributed by atoms with Gasteiger partial charge in [0.25, 0.3) is 0 Å². The Kier molecular flexibility index (Phi) is 3.31. The quantitative estimate of drug-likeness (QED) is 0.350. The van der Waals surface area contributed by atoms with Crippen molar-refractivity contribution in [2.75, 3.05) is 0 Å². The summed E-state index contributed by atoms with van der Waals surface area (Å²) in [6.07, 6.45) is 0. The second kappa shape index (κ2) is 5.31. The number of hydrogen-bond acceptors (Lipinski definition) is 2. The van der Waals surface area contributed by atoms with Crippen molar-refractivity contribution in [1.29, 1.82) is 0 Å². The van der Waals surface area contributed by atoms with E-state index in [1.54, 1.807) is 0 Å². The van der Waals surface area contributed by atoms with Gasteiger partial charge in [-0.1, -0.05) is 36.4 Å². The normalized spacial score (nSPS) is 11.1. The molecule has 1 nitrogen and oxygen atoms in total. The van der Waals surface area contributed by atoms with E-state index in [9.17, 15) is 0 Å². The van der Waals surface area contributed by atoms with Gasteiger partial charge in [-0.15, -0.1) is 11.3 Å². The van der Waals surface area contributed by atoms with Gasteiger partial charge in [0.1, 0.15) is 5.75 Å². The fourth-order valence-corrected chi connectivity index (χ4v) is 3.98. The number of hydrogen-bond donors (Lipinski definition) is 0. The topological polar surface area (TPSA) is 9.23 Å². The monoisotopic (exact) mass is 402 g/mol. The standard InChI is InChI=1S/C18H11IOS/c19-20-14-8-5-12(6-9-14)13-7-10-18-16(11-13)15-3-1-2-4-17(15)21-18/h1-11H. The third-order valence-electron chi connectivity index (χ3n) is 3.65. The van der Waals surface area contributed by atoms with Gasteiger partial charge in [0, 0.05) is 20.2 Å². The Hall–Kier alpha value is -1.59. The first-order valence-corrected chi connectivity index (χ1v) is 8.35. The van der Waals surface area contributed by atoms with E-state index >= 15 is 0 Å². The van der Waals surface area contributed by atoms with Crippen LogP contribution in [0.25, 0.3) is 31.3 Å². The lowest BCUT2D eigenvalue weighted by Crippen LogP contribution is -1.78. The smallest absolute Gasteiger partial charge is 0.192 e. The van der Waals surface area contributed by atoms with Gasteiger partial charge in [-0.3, -0.25) is 0 Å². The zero-order valence-corrected chi connectivity index (χ0v) is 14.0. The van der Waals surface area contributed by atoms with Gasteiger partial charge in [-0.25, -0.2) is 0 Å². The van der Waals surface area contributed by atoms with Crippen molar-refractivity contribution in [2.24, 2.45) is 0 Å². The van der Waals surface area contributed by atoms with Crippen LogP contribution in [-0.4, -0.2) is 0 Å². The minimum absolute atomic E-state index is 0.876. The molecule has 1 heterocycles. The summed E-state index contributed by atoms with van der Waals surface area (Å²) in [6.45, 7) is 0. The Morgan fingerprint density at radius 1 is 0.714 bits per heavy atom. The van der Waals surface area contributed by atoms with Crippen LogP contribution in [0.1, 0.15) is 0 Å². The van der Waals surface area contributed by atoms with Crippen LogP contribution in [0, 0.1) is 0 Å². The van der Waals surface area contributed by atoms with E-state index in [0.717, 1.165) is 5.75 Å². The van der Waals surface area contributed by atoms with Crippen LogP contribution in [0.4, 0.5) is 0 Å². The molecule has 102 valence electrons. The van der Waals surface area contributed by atoms with Gasteiger partial charge in [0.2, 0.25) is 0 Å². The van der Waals surface area contributed by atoms with Gasteiger partial charge in [0.15, 0.2) is 23.0 Å². The highest BCUT2D eigenvalue weighted by Crippen LogP contribution is 2.36. The Balaban J connectivity index is 1.90. The maximum atomic E-state index is 5.19. The van der Waals surface area contributed by atoms with E-state index < -0.39 is 0 Å². The second-order valence-corrected chi connectivity index (χ2v) is 6.43. The highest BCUT2D eigenvalue weighted by Gasteiger charge is 2.06. The third kappa shape index (κ3) is 2.30. The first-order valence-electron chi connectivity index (χ1n) is 6.65. The first-order chi connectivity index (χ1) is 10.3. The number of fused-ring (bicyclic) bond motifs is 3. The molecule has 0 bridgehead atoms. The van der Waals surface area contributed by atoms with Crippen LogP contribution in [0.2, 0.25) is 0 Å². The first kappa shape index (κ1) is 13.1. The van der Waals surface area contributed by atoms with Crippen molar-refractivity contribution in [3.05, 3.63) is 66.7 Å². The molecule has 0 atom stereocenters. The van der Waals surface area contributed by atoms with E-state index in [1.807, 2.05) is 46.5 Å². The average Bonchev–Trinajstić information content (AvgIpc) is 2.93. The molecule has 3 heteroatoms. The van der Waals surface area contributed by atoms with Crippen LogP contribution >= 0.6 is 34.3 Å². The van der Waals surface area contributed by atoms with E-state index in [-0.39, 0.29) is 0 Å². The third-order valence-corrected chi connectivity index (χ3v) is 5.31. The van der Waals surface area contributed by atoms with Crippen molar-refractivity contribution >= 4 is 54.5 Å². The summed E-state index contributed by atoms with van der Waals surface area (Å²) in [4.78, 5) is 0.